The van der Waals surface area contributed by atoms with Gasteiger partial charge in [-0.3, -0.25) is 0 Å². The Morgan fingerprint density at radius 1 is 1.03 bits per heavy atom. The number of hydrogen-bond acceptors (Lipinski definition) is 1. The first-order chi connectivity index (χ1) is 13.9. The molecule has 0 fully saturated rings. The lowest BCUT2D eigenvalue weighted by Gasteiger charge is -2.25. The highest BCUT2D eigenvalue weighted by Crippen LogP contribution is 2.31. The molecule has 0 amide bonds. The van der Waals surface area contributed by atoms with Crippen molar-refractivity contribution in [1.82, 2.24) is 0 Å². The largest absolute Gasteiger partial charge is 0.573 e. The summed E-state index contributed by atoms with van der Waals surface area (Å²) < 4.78 is 55.3. The third-order valence-electron chi connectivity index (χ3n) is 5.30. The number of unbranched alkanes of at least 4 members (excludes halogenated alkanes) is 2. The second kappa shape index (κ2) is 9.35. The summed E-state index contributed by atoms with van der Waals surface area (Å²) in [6.45, 7) is 2.19. The van der Waals surface area contributed by atoms with Gasteiger partial charge in [-0.1, -0.05) is 50.5 Å². The molecule has 2 aromatic carbocycles. The number of hydrogen-bond donors (Lipinski definition) is 0. The lowest BCUT2D eigenvalue weighted by Crippen LogP contribution is -2.16. The summed E-state index contributed by atoms with van der Waals surface area (Å²) in [6.07, 6.45) is 2.81. The zero-order valence-electron chi connectivity index (χ0n) is 16.4. The third kappa shape index (κ3) is 6.00. The maximum absolute atomic E-state index is 14.9. The fourth-order valence-corrected chi connectivity index (χ4v) is 3.79. The molecule has 154 valence electrons. The highest BCUT2D eigenvalue weighted by Gasteiger charge is 2.30. The van der Waals surface area contributed by atoms with Crippen molar-refractivity contribution < 1.29 is 22.3 Å². The van der Waals surface area contributed by atoms with Crippen molar-refractivity contribution in [2.45, 2.75) is 58.2 Å². The maximum atomic E-state index is 14.9. The zero-order chi connectivity index (χ0) is 20.9. The van der Waals surface area contributed by atoms with Crippen molar-refractivity contribution in [1.29, 1.82) is 0 Å². The van der Waals surface area contributed by atoms with Crippen LogP contribution in [0.4, 0.5) is 17.6 Å². The summed E-state index contributed by atoms with van der Waals surface area (Å²) in [5.41, 5.74) is 2.66. The van der Waals surface area contributed by atoms with Gasteiger partial charge < -0.3 is 4.74 Å². The predicted molar refractivity (Wildman–Crippen MR) is 105 cm³/mol. The smallest absolute Gasteiger partial charge is 0.406 e. The van der Waals surface area contributed by atoms with Gasteiger partial charge in [-0.2, -0.15) is 0 Å². The number of rotatable bonds is 5. The molecule has 29 heavy (non-hydrogen) atoms. The van der Waals surface area contributed by atoms with Crippen LogP contribution in [0.5, 0.6) is 5.75 Å². The molecule has 1 aliphatic rings. The predicted octanol–water partition coefficient (Wildman–Crippen LogP) is 6.81. The Kier molecular flexibility index (Phi) is 6.84. The van der Waals surface area contributed by atoms with Crippen molar-refractivity contribution in [3.8, 4) is 17.6 Å². The van der Waals surface area contributed by atoms with Gasteiger partial charge in [-0.15, -0.1) is 13.2 Å². The minimum Gasteiger partial charge on any atom is -0.406 e. The number of halogens is 4. The van der Waals surface area contributed by atoms with Crippen LogP contribution in [-0.2, 0) is 12.8 Å². The van der Waals surface area contributed by atoms with Crippen molar-refractivity contribution in [2.75, 3.05) is 0 Å². The molecular formula is C24H24F4O. The summed E-state index contributed by atoms with van der Waals surface area (Å²) in [6, 6.07) is 8.90. The van der Waals surface area contributed by atoms with Crippen LogP contribution in [0, 0.1) is 23.6 Å². The molecule has 0 N–H and O–H groups in total. The Hall–Kier alpha value is -2.48. The fraction of sp³-hybridized carbons (Fsp3) is 0.417. The van der Waals surface area contributed by atoms with Crippen molar-refractivity contribution in [3.05, 3.63) is 64.5 Å². The van der Waals surface area contributed by atoms with Crippen LogP contribution < -0.4 is 4.74 Å². The van der Waals surface area contributed by atoms with E-state index >= 15 is 0 Å². The Labute approximate surface area is 169 Å². The van der Waals surface area contributed by atoms with Crippen molar-refractivity contribution >= 4 is 0 Å². The quantitative estimate of drug-likeness (QED) is 0.302. The van der Waals surface area contributed by atoms with Gasteiger partial charge in [0.15, 0.2) is 0 Å². The van der Waals surface area contributed by atoms with Crippen LogP contribution >= 0.6 is 0 Å². The van der Waals surface area contributed by atoms with E-state index in [1.807, 2.05) is 6.07 Å². The summed E-state index contributed by atoms with van der Waals surface area (Å²) in [7, 11) is 0. The molecule has 2 aromatic rings. The molecule has 3 rings (SSSR count). The summed E-state index contributed by atoms with van der Waals surface area (Å²) >= 11 is 0. The normalized spacial score (nSPS) is 16.0. The lowest BCUT2D eigenvalue weighted by molar-refractivity contribution is -0.274. The van der Waals surface area contributed by atoms with E-state index < -0.39 is 6.36 Å². The van der Waals surface area contributed by atoms with Crippen LogP contribution in [0.15, 0.2) is 36.4 Å². The Morgan fingerprint density at radius 2 is 1.79 bits per heavy atom. The van der Waals surface area contributed by atoms with E-state index in [0.717, 1.165) is 30.4 Å². The van der Waals surface area contributed by atoms with Gasteiger partial charge in [0.1, 0.15) is 11.6 Å². The van der Waals surface area contributed by atoms with Crippen LogP contribution in [-0.4, -0.2) is 6.36 Å². The highest BCUT2D eigenvalue weighted by atomic mass is 19.4. The molecule has 0 spiro atoms. The summed E-state index contributed by atoms with van der Waals surface area (Å²) in [4.78, 5) is 0. The highest BCUT2D eigenvalue weighted by molar-refractivity contribution is 5.48. The van der Waals surface area contributed by atoms with E-state index in [9.17, 15) is 17.6 Å². The number of benzene rings is 2. The minimum absolute atomic E-state index is 0.265. The molecule has 5 heteroatoms. The molecule has 0 bridgehead atoms. The molecule has 0 saturated heterocycles. The Bertz CT molecular complexity index is 888. The van der Waals surface area contributed by atoms with E-state index in [2.05, 4.69) is 23.5 Å². The van der Waals surface area contributed by atoms with Crippen LogP contribution in [0.2, 0.25) is 0 Å². The van der Waals surface area contributed by atoms with Crippen molar-refractivity contribution in [3.63, 3.8) is 0 Å². The molecule has 0 aliphatic heterocycles. The average Bonchev–Trinajstić information content (AvgIpc) is 2.68. The van der Waals surface area contributed by atoms with Crippen LogP contribution in [0.3, 0.4) is 0 Å². The fourth-order valence-electron chi connectivity index (χ4n) is 3.79. The molecule has 1 nitrogen and oxygen atoms in total. The third-order valence-corrected chi connectivity index (χ3v) is 5.30. The van der Waals surface area contributed by atoms with Gasteiger partial charge >= 0.3 is 6.36 Å². The standard InChI is InChI=1S/C24H24F4O/c1-2-3-4-5-18-9-15-22-20(16-18)12-11-19(23(22)25)10-6-17-7-13-21(14-8-17)29-24(26,27)28/h7-8,11-14,18H,2-5,9,15-16H2,1H3. The van der Waals surface area contributed by atoms with Gasteiger partial charge in [0.2, 0.25) is 0 Å². The summed E-state index contributed by atoms with van der Waals surface area (Å²) in [5.74, 6) is 5.68. The average molecular weight is 404 g/mol. The monoisotopic (exact) mass is 404 g/mol. The van der Waals surface area contributed by atoms with Crippen molar-refractivity contribution in [2.24, 2.45) is 5.92 Å². The van der Waals surface area contributed by atoms with Crippen LogP contribution in [0.25, 0.3) is 0 Å². The zero-order valence-corrected chi connectivity index (χ0v) is 16.4. The molecular weight excluding hydrogens is 380 g/mol. The van der Waals surface area contributed by atoms with E-state index in [-0.39, 0.29) is 11.6 Å². The summed E-state index contributed by atoms with van der Waals surface area (Å²) in [5, 5.41) is 0. The maximum Gasteiger partial charge on any atom is 0.573 e. The number of ether oxygens (including phenoxy) is 1. The van der Waals surface area contributed by atoms with Crippen LogP contribution in [0.1, 0.15) is 61.3 Å². The topological polar surface area (TPSA) is 9.23 Å². The lowest BCUT2D eigenvalue weighted by atomic mass is 9.80. The molecule has 1 unspecified atom stereocenters. The van der Waals surface area contributed by atoms with Gasteiger partial charge in [0.05, 0.1) is 5.56 Å². The van der Waals surface area contributed by atoms with E-state index in [4.69, 9.17) is 0 Å². The van der Waals surface area contributed by atoms with Gasteiger partial charge in [0, 0.05) is 5.56 Å². The Morgan fingerprint density at radius 3 is 2.48 bits per heavy atom. The van der Waals surface area contributed by atoms with Gasteiger partial charge in [-0.05, 0) is 66.6 Å². The van der Waals surface area contributed by atoms with E-state index in [1.54, 1.807) is 6.07 Å². The minimum atomic E-state index is -4.73. The number of fused-ring (bicyclic) bond motifs is 1. The Balaban J connectivity index is 1.69. The molecule has 1 atom stereocenters. The second-order valence-corrected chi connectivity index (χ2v) is 7.49. The van der Waals surface area contributed by atoms with E-state index in [0.29, 0.717) is 17.0 Å². The molecule has 0 aromatic heterocycles. The molecule has 0 radical (unpaired) electrons. The molecule has 0 saturated carbocycles. The van der Waals surface area contributed by atoms with Gasteiger partial charge in [0.25, 0.3) is 0 Å². The molecule has 0 heterocycles. The first-order valence-corrected chi connectivity index (χ1v) is 10.0. The first-order valence-electron chi connectivity index (χ1n) is 10.0. The second-order valence-electron chi connectivity index (χ2n) is 7.49. The number of alkyl halides is 3. The van der Waals surface area contributed by atoms with E-state index in [1.165, 1.54) is 49.9 Å². The van der Waals surface area contributed by atoms with Gasteiger partial charge in [-0.25, -0.2) is 4.39 Å². The SMILES string of the molecule is CCCCCC1CCc2c(ccc(C#Cc3ccc(OC(F)(F)F)cc3)c2F)C1. The first kappa shape index (κ1) is 21.2. The molecule has 1 aliphatic carbocycles.